The Kier molecular flexibility index (Phi) is 7.26. The highest BCUT2D eigenvalue weighted by Gasteiger charge is 2.29. The number of Topliss-reactive ketones (excluding diaryl/α,β-unsaturated/α-hetero) is 1. The smallest absolute Gasteiger partial charge is 0.204 e. The van der Waals surface area contributed by atoms with E-state index in [1.807, 2.05) is 0 Å². The molecule has 2 heterocycles. The van der Waals surface area contributed by atoms with E-state index in [0.717, 1.165) is 0 Å². The molecule has 10 nitrogen and oxygen atoms in total. The Balaban J connectivity index is 1.60. The standard InChI is InChI=1S/C23H25N3O7/c1-29-7-8-32-22-11-16-15(9-21(22)30-2)23(25-13-24-16)26-17-10-19(28)20(12-18(17)27)33-14-3-5-31-6-4-14/h9,11-14H,3-8,10H2,1-2H3. The molecule has 0 saturated carbocycles. The second kappa shape index (κ2) is 10.5. The normalized spacial score (nSPS) is 18.5. The molecule has 1 aliphatic carbocycles. The number of ether oxygens (including phenoxy) is 5. The van der Waals surface area contributed by atoms with Gasteiger partial charge in [-0.05, 0) is 6.07 Å². The molecule has 1 saturated heterocycles. The molecule has 33 heavy (non-hydrogen) atoms. The zero-order valence-corrected chi connectivity index (χ0v) is 18.5. The first kappa shape index (κ1) is 22.8. The lowest BCUT2D eigenvalue weighted by molar-refractivity contribution is -0.122. The molecule has 1 fully saturated rings. The fourth-order valence-corrected chi connectivity index (χ4v) is 3.55. The number of nitrogens with zero attached hydrogens (tertiary/aromatic N) is 3. The van der Waals surface area contributed by atoms with Crippen LogP contribution in [0.3, 0.4) is 0 Å². The summed E-state index contributed by atoms with van der Waals surface area (Å²) in [6.45, 7) is 1.93. The van der Waals surface area contributed by atoms with Gasteiger partial charge in [0.05, 0.1) is 44.6 Å². The topological polar surface area (TPSA) is 118 Å². The van der Waals surface area contributed by atoms with Crippen molar-refractivity contribution >= 4 is 34.0 Å². The number of rotatable bonds is 8. The van der Waals surface area contributed by atoms with E-state index in [9.17, 15) is 9.59 Å². The van der Waals surface area contributed by atoms with E-state index in [1.54, 1.807) is 19.2 Å². The first-order valence-electron chi connectivity index (χ1n) is 10.6. The van der Waals surface area contributed by atoms with Crippen molar-refractivity contribution in [3.8, 4) is 11.5 Å². The van der Waals surface area contributed by atoms with Gasteiger partial charge in [-0.3, -0.25) is 9.59 Å². The van der Waals surface area contributed by atoms with E-state index in [4.69, 9.17) is 23.7 Å². The van der Waals surface area contributed by atoms with Crippen molar-refractivity contribution in [3.63, 3.8) is 0 Å². The maximum Gasteiger partial charge on any atom is 0.204 e. The number of ketones is 2. The zero-order valence-electron chi connectivity index (χ0n) is 18.5. The highest BCUT2D eigenvalue weighted by molar-refractivity contribution is 6.50. The number of aliphatic imine (C=N–C) groups is 1. The SMILES string of the molecule is COCCOc1cc2ncnc(N=C3CC(=O)C(OC4CCOCC4)=CC3=O)c2cc1OC. The van der Waals surface area contributed by atoms with E-state index in [2.05, 4.69) is 15.0 Å². The van der Waals surface area contributed by atoms with Crippen molar-refractivity contribution in [2.75, 3.05) is 40.6 Å². The average Bonchev–Trinajstić information content (AvgIpc) is 2.83. The number of aromatic nitrogens is 2. The second-order valence-corrected chi connectivity index (χ2v) is 7.52. The van der Waals surface area contributed by atoms with Crippen LogP contribution < -0.4 is 9.47 Å². The van der Waals surface area contributed by atoms with Crippen LogP contribution in [0.4, 0.5) is 5.82 Å². The molecule has 1 aromatic heterocycles. The van der Waals surface area contributed by atoms with E-state index in [1.165, 1.54) is 19.5 Å². The maximum atomic E-state index is 12.7. The van der Waals surface area contributed by atoms with Gasteiger partial charge in [0.15, 0.2) is 23.1 Å². The Morgan fingerprint density at radius 1 is 1.09 bits per heavy atom. The van der Waals surface area contributed by atoms with Gasteiger partial charge in [-0.25, -0.2) is 15.0 Å². The minimum absolute atomic E-state index is 0.0814. The minimum Gasteiger partial charge on any atom is -0.493 e. The Hall–Kier alpha value is -3.37. The van der Waals surface area contributed by atoms with Gasteiger partial charge in [0, 0.05) is 37.5 Å². The summed E-state index contributed by atoms with van der Waals surface area (Å²) in [5.74, 6) is 0.645. The van der Waals surface area contributed by atoms with Crippen molar-refractivity contribution < 1.29 is 33.3 Å². The Bertz CT molecular complexity index is 1110. The molecule has 0 amide bonds. The number of benzene rings is 1. The van der Waals surface area contributed by atoms with Crippen LogP contribution in [0, 0.1) is 0 Å². The molecular weight excluding hydrogens is 430 g/mol. The number of fused-ring (bicyclic) bond motifs is 1. The third-order valence-corrected chi connectivity index (χ3v) is 5.30. The van der Waals surface area contributed by atoms with Crippen LogP contribution in [0.15, 0.2) is 35.3 Å². The van der Waals surface area contributed by atoms with Gasteiger partial charge in [0.1, 0.15) is 19.0 Å². The number of hydrogen-bond donors (Lipinski definition) is 0. The lowest BCUT2D eigenvalue weighted by Crippen LogP contribution is -2.30. The molecule has 0 N–H and O–H groups in total. The number of allylic oxidation sites excluding steroid dienone is 2. The van der Waals surface area contributed by atoms with E-state index in [-0.39, 0.29) is 41.4 Å². The van der Waals surface area contributed by atoms with Crippen molar-refractivity contribution in [2.24, 2.45) is 4.99 Å². The molecule has 174 valence electrons. The van der Waals surface area contributed by atoms with Gasteiger partial charge in [0.2, 0.25) is 11.6 Å². The van der Waals surface area contributed by atoms with E-state index < -0.39 is 0 Å². The predicted molar refractivity (Wildman–Crippen MR) is 118 cm³/mol. The van der Waals surface area contributed by atoms with Gasteiger partial charge in [-0.1, -0.05) is 0 Å². The molecule has 0 radical (unpaired) electrons. The fraction of sp³-hybridized carbons (Fsp3) is 0.435. The zero-order chi connectivity index (χ0) is 23.2. The van der Waals surface area contributed by atoms with Crippen LogP contribution >= 0.6 is 0 Å². The van der Waals surface area contributed by atoms with Crippen molar-refractivity contribution in [2.45, 2.75) is 25.4 Å². The van der Waals surface area contributed by atoms with Gasteiger partial charge in [0.25, 0.3) is 0 Å². The molecule has 0 atom stereocenters. The molecule has 4 rings (SSSR count). The molecule has 10 heteroatoms. The minimum atomic E-state index is -0.380. The van der Waals surface area contributed by atoms with E-state index >= 15 is 0 Å². The number of methoxy groups -OCH3 is 2. The summed E-state index contributed by atoms with van der Waals surface area (Å²) in [4.78, 5) is 38.2. The molecule has 2 aromatic rings. The monoisotopic (exact) mass is 455 g/mol. The Labute approximate surface area is 190 Å². The lowest BCUT2D eigenvalue weighted by atomic mass is 10.0. The quantitative estimate of drug-likeness (QED) is 0.553. The summed E-state index contributed by atoms with van der Waals surface area (Å²) in [5.41, 5.74) is 0.657. The number of carbonyl (C=O) groups excluding carboxylic acids is 2. The predicted octanol–water partition coefficient (Wildman–Crippen LogP) is 2.36. The van der Waals surface area contributed by atoms with Crippen molar-refractivity contribution in [1.29, 1.82) is 0 Å². The number of carbonyl (C=O) groups is 2. The van der Waals surface area contributed by atoms with Crippen LogP contribution in [0.25, 0.3) is 10.9 Å². The van der Waals surface area contributed by atoms with Gasteiger partial charge in [-0.15, -0.1) is 0 Å². The third-order valence-electron chi connectivity index (χ3n) is 5.30. The molecule has 0 spiro atoms. The summed E-state index contributed by atoms with van der Waals surface area (Å²) in [7, 11) is 3.11. The highest BCUT2D eigenvalue weighted by Crippen LogP contribution is 2.35. The van der Waals surface area contributed by atoms with Crippen LogP contribution in [0.5, 0.6) is 11.5 Å². The summed E-state index contributed by atoms with van der Waals surface area (Å²) in [6, 6.07) is 3.41. The molecule has 0 bridgehead atoms. The third kappa shape index (κ3) is 5.35. The number of hydrogen-bond acceptors (Lipinski definition) is 10. The van der Waals surface area contributed by atoms with Crippen LogP contribution in [0.2, 0.25) is 0 Å². The van der Waals surface area contributed by atoms with Crippen LogP contribution in [-0.4, -0.2) is 74.0 Å². The van der Waals surface area contributed by atoms with Gasteiger partial charge >= 0.3 is 0 Å². The van der Waals surface area contributed by atoms with Crippen LogP contribution in [0.1, 0.15) is 19.3 Å². The summed E-state index contributed by atoms with van der Waals surface area (Å²) >= 11 is 0. The van der Waals surface area contributed by atoms with Crippen molar-refractivity contribution in [1.82, 2.24) is 9.97 Å². The molecule has 1 aromatic carbocycles. The molecule has 2 aliphatic rings. The summed E-state index contributed by atoms with van der Waals surface area (Å²) in [6.07, 6.45) is 3.65. The fourth-order valence-electron chi connectivity index (χ4n) is 3.55. The molecule has 0 unspecified atom stereocenters. The van der Waals surface area contributed by atoms with Crippen LogP contribution in [-0.2, 0) is 23.8 Å². The Morgan fingerprint density at radius 2 is 1.91 bits per heavy atom. The summed E-state index contributed by atoms with van der Waals surface area (Å²) in [5, 5.41) is 0.564. The first-order valence-corrected chi connectivity index (χ1v) is 10.6. The second-order valence-electron chi connectivity index (χ2n) is 7.52. The largest absolute Gasteiger partial charge is 0.493 e. The average molecular weight is 455 g/mol. The molecule has 1 aliphatic heterocycles. The molecular formula is C23H25N3O7. The Morgan fingerprint density at radius 3 is 2.67 bits per heavy atom. The summed E-state index contributed by atoms with van der Waals surface area (Å²) < 4.78 is 27.2. The maximum absolute atomic E-state index is 12.7. The highest BCUT2D eigenvalue weighted by atomic mass is 16.5. The van der Waals surface area contributed by atoms with Crippen molar-refractivity contribution in [3.05, 3.63) is 30.3 Å². The van der Waals surface area contributed by atoms with Gasteiger partial charge in [-0.2, -0.15) is 0 Å². The van der Waals surface area contributed by atoms with E-state index in [0.29, 0.717) is 61.7 Å². The first-order chi connectivity index (χ1) is 16.1. The van der Waals surface area contributed by atoms with Gasteiger partial charge < -0.3 is 23.7 Å². The lowest BCUT2D eigenvalue weighted by Gasteiger charge is -2.25.